The monoisotopic (exact) mass is 3350 g/mol. The van der Waals surface area contributed by atoms with E-state index in [4.69, 9.17) is 9.40 Å². The molecular formula is C121H95Ir8N17O-10. The number of hydrogen-bond donors (Lipinski definition) is 0. The minimum atomic E-state index is 0. The molecule has 0 N–H and O–H groups in total. The molecule has 2 aliphatic rings. The first-order valence-corrected chi connectivity index (χ1v) is 45.6. The SMILES string of the molecule is CN1C=CN(c2[c-]cccc2)[CH-]1.CN1[CH-]N(c2[c-]ccc3c2oc2ccccc23)c2ccccc21.Cc1cc(C)c(-n2ccnc2-c2[c-]cccc2)c(C)c1.Cn1ccc(-c2[c-]cccc2)n1.Cn1cnc(-c2[n-]ccc2-c2ccccc2)c1.[Ir].[Ir].[Ir].[Ir].[Ir].[Ir].[Ir].[Ir].[c-]1cccc2c1c1nccn1c1ccccc21.[c-]1ccccc1-c1nc2ccccc2n1-c1ccccc1.[c-]1ccccc1-c1nccn1-c1ccccc1. The van der Waals surface area contributed by atoms with Crippen LogP contribution in [0, 0.1) is 76.6 Å². The maximum absolute atomic E-state index is 6.13. The Kier molecular flexibility index (Phi) is 42.9. The smallest absolute Gasteiger partial charge is 0.116 e. The molecule has 0 atom stereocenters. The molecule has 0 spiro atoms. The van der Waals surface area contributed by atoms with Gasteiger partial charge in [0.25, 0.3) is 0 Å². The molecule has 0 unspecified atom stereocenters. The van der Waals surface area contributed by atoms with Crippen LogP contribution in [0.15, 0.2) is 443 Å². The normalized spacial score (nSPS) is 11.1. The molecule has 0 amide bonds. The summed E-state index contributed by atoms with van der Waals surface area (Å²) in [4.78, 5) is 35.1. The molecule has 0 bridgehead atoms. The largest absolute Gasteiger partial charge is 0.662 e. The summed E-state index contributed by atoms with van der Waals surface area (Å²) < 4.78 is 18.4. The number of nitrogens with zero attached hydrogens (tertiary/aromatic N) is 17. The van der Waals surface area contributed by atoms with Crippen molar-refractivity contribution in [1.82, 2.24) is 67.3 Å². The molecule has 0 fully saturated rings. The topological polar surface area (TPSA) is 147 Å². The standard InChI is InChI=1S/C20H14N2O.C19H13N2.C18H17N2.C15H9N2.C15H11N2.C14H12N3.C10H10N2.C10H9N2.8Ir/c1-21-13-22(17-10-4-3-9-16(17)21)18-11-6-8-15-14-7-2-5-12-19(14)23-20(15)18;1-3-9-15(10-4-1)19-20-17-13-7-8-14-18(17)21(19)16-11-5-2-6-12-16;1-13-11-14(2)17(15(3)12-13)20-10-9-19-18(20)16-7-5-4-6-8-16;1-2-7-13-11(5-1)12-6-3-4-8-14(12)17-10-9-16-15(13)17;1-3-7-13(8-4-1)15-16-11-12-17(15)14-9-5-2-6-10-14;1-17-9-13(16-10-17)14-12(7-8-15-14)11-5-3-2-4-6-11;1-11-7-8-12(9-11)10-5-3-2-4-6-10;1-12-8-7-10(11-12)9-5-3-2-4-6-9;;;;;;;;/h2-10,12-13H,1H3;1-9,11-14H;4-7,9-12H,1-3H3;1-6,8-10H;1-7,9-12H;2-10H,1H3;2-5,7-9H,1H3;2-5,7-8H,1H3;;;;;;;;/q-2;5*-1;-2;-1;;;;;;;;. The van der Waals surface area contributed by atoms with Gasteiger partial charge in [-0.25, -0.2) is 10.1 Å². The Hall–Kier alpha value is -13.0. The van der Waals surface area contributed by atoms with E-state index in [9.17, 15) is 0 Å². The van der Waals surface area contributed by atoms with Crippen LogP contribution in [0.1, 0.15) is 16.7 Å². The number of pyridine rings is 1. The predicted molar refractivity (Wildman–Crippen MR) is 562 cm³/mol. The number of aromatic nitrogens is 13. The van der Waals surface area contributed by atoms with Gasteiger partial charge in [0.2, 0.25) is 0 Å². The molecule has 26 heteroatoms. The van der Waals surface area contributed by atoms with E-state index < -0.39 is 0 Å². The van der Waals surface area contributed by atoms with Crippen molar-refractivity contribution in [3.05, 3.63) is 511 Å². The molecule has 0 saturated heterocycles. The minimum absolute atomic E-state index is 0. The first-order chi connectivity index (χ1) is 68.4. The average molecular weight is 3340 g/mol. The Morgan fingerprint density at radius 3 is 1.55 bits per heavy atom. The average Bonchev–Trinajstić information content (AvgIpc) is 1.58. The van der Waals surface area contributed by atoms with Gasteiger partial charge in [0, 0.05) is 275 Å². The predicted octanol–water partition coefficient (Wildman–Crippen LogP) is 27.0. The van der Waals surface area contributed by atoms with Gasteiger partial charge in [-0.15, -0.1) is 185 Å². The third-order valence-corrected chi connectivity index (χ3v) is 23.3. The van der Waals surface area contributed by atoms with E-state index >= 15 is 0 Å². The Morgan fingerprint density at radius 1 is 0.395 bits per heavy atom. The molecule has 18 nitrogen and oxygen atoms in total. The molecule has 0 saturated carbocycles. The van der Waals surface area contributed by atoms with Crippen LogP contribution in [-0.4, -0.2) is 76.4 Å². The summed E-state index contributed by atoms with van der Waals surface area (Å²) >= 11 is 0. The van der Waals surface area contributed by atoms with E-state index in [1.807, 2.05) is 353 Å². The summed E-state index contributed by atoms with van der Waals surface area (Å²) in [6, 6.07) is 144. The van der Waals surface area contributed by atoms with Gasteiger partial charge in [0.1, 0.15) is 5.58 Å². The molecule has 11 heterocycles. The second kappa shape index (κ2) is 55.2. The van der Waals surface area contributed by atoms with Crippen LogP contribution in [0.5, 0.6) is 0 Å². The summed E-state index contributed by atoms with van der Waals surface area (Å²) in [5.41, 5.74) is 26.8. The van der Waals surface area contributed by atoms with Crippen molar-refractivity contribution >= 4 is 83.0 Å². The number of furan rings is 1. The zero-order valence-electron chi connectivity index (χ0n) is 80.4. The molecule has 2 aliphatic heterocycles. The van der Waals surface area contributed by atoms with Crippen molar-refractivity contribution in [1.29, 1.82) is 0 Å². The van der Waals surface area contributed by atoms with Crippen LogP contribution in [0.3, 0.4) is 0 Å². The van der Waals surface area contributed by atoms with Gasteiger partial charge in [0.15, 0.2) is 0 Å². The molecule has 0 aliphatic carbocycles. The number of para-hydroxylation sites is 9. The van der Waals surface area contributed by atoms with Crippen LogP contribution in [0.4, 0.5) is 22.7 Å². The number of imidazole rings is 5. The third kappa shape index (κ3) is 27.0. The summed E-state index contributed by atoms with van der Waals surface area (Å²) in [6.07, 6.45) is 23.0. The fourth-order valence-corrected chi connectivity index (χ4v) is 17.1. The minimum Gasteiger partial charge on any atom is -0.662 e. The second-order valence-electron chi connectivity index (χ2n) is 33.0. The van der Waals surface area contributed by atoms with Gasteiger partial charge in [-0.1, -0.05) is 174 Å². The summed E-state index contributed by atoms with van der Waals surface area (Å²) in [5.74, 6) is 2.76. The van der Waals surface area contributed by atoms with E-state index in [1.54, 1.807) is 11.0 Å². The van der Waals surface area contributed by atoms with Crippen LogP contribution in [-0.2, 0) is 175 Å². The summed E-state index contributed by atoms with van der Waals surface area (Å²) in [7, 11) is 7.92. The maximum atomic E-state index is 6.13. The van der Waals surface area contributed by atoms with Crippen molar-refractivity contribution in [2.45, 2.75) is 20.8 Å². The van der Waals surface area contributed by atoms with E-state index in [2.05, 4.69) is 256 Å². The van der Waals surface area contributed by atoms with Crippen molar-refractivity contribution < 1.29 is 165 Å². The van der Waals surface area contributed by atoms with E-state index in [0.29, 0.717) is 0 Å². The number of benzene rings is 15. The fourth-order valence-electron chi connectivity index (χ4n) is 17.1. The maximum Gasteiger partial charge on any atom is 0.116 e. The summed E-state index contributed by atoms with van der Waals surface area (Å²) in [5, 5.41) is 10.1. The van der Waals surface area contributed by atoms with E-state index in [1.165, 1.54) is 49.9 Å². The Labute approximate surface area is 965 Å². The number of rotatable bonds is 11. The van der Waals surface area contributed by atoms with Crippen molar-refractivity contribution in [3.63, 3.8) is 0 Å². The molecule has 15 aromatic carbocycles. The third-order valence-electron chi connectivity index (χ3n) is 23.3. The zero-order valence-corrected chi connectivity index (χ0v) is 99.6. The fraction of sp³-hybridized carbons (Fsp3) is 0.0579. The quantitative estimate of drug-likeness (QED) is 0.0897. The number of fused-ring (bicyclic) bond motifs is 11. The summed E-state index contributed by atoms with van der Waals surface area (Å²) in [6.45, 7) is 10.5. The van der Waals surface area contributed by atoms with Gasteiger partial charge >= 0.3 is 0 Å². The zero-order chi connectivity index (χ0) is 94.8. The van der Waals surface area contributed by atoms with Gasteiger partial charge in [-0.2, -0.15) is 68.1 Å². The van der Waals surface area contributed by atoms with Crippen LogP contribution in [0.25, 0.3) is 145 Å². The van der Waals surface area contributed by atoms with Gasteiger partial charge in [-0.05, 0) is 136 Å². The van der Waals surface area contributed by atoms with Crippen molar-refractivity contribution in [2.75, 3.05) is 28.8 Å². The van der Waals surface area contributed by atoms with Crippen molar-refractivity contribution in [3.8, 4) is 85.0 Å². The van der Waals surface area contributed by atoms with Crippen LogP contribution < -0.4 is 19.7 Å². The van der Waals surface area contributed by atoms with E-state index in [0.717, 1.165) is 135 Å². The number of anilines is 4. The molecule has 8 radical (unpaired) electrons. The molecule has 26 rings (SSSR count). The molecule has 147 heavy (non-hydrogen) atoms. The second-order valence-corrected chi connectivity index (χ2v) is 33.0. The Morgan fingerprint density at radius 2 is 0.939 bits per heavy atom. The Balaban J connectivity index is 0.000000160. The van der Waals surface area contributed by atoms with Gasteiger partial charge < -0.3 is 51.7 Å². The first-order valence-electron chi connectivity index (χ1n) is 45.6. The number of hydrogen-bond acceptors (Lipinski definition) is 11. The van der Waals surface area contributed by atoms with Crippen LogP contribution in [0.2, 0.25) is 0 Å². The number of aryl methyl sites for hydroxylation is 5. The van der Waals surface area contributed by atoms with Gasteiger partial charge in [-0.3, -0.25) is 24.6 Å². The molecule has 9 aromatic heterocycles. The Bertz CT molecular complexity index is 8080. The van der Waals surface area contributed by atoms with Crippen LogP contribution >= 0.6 is 0 Å². The van der Waals surface area contributed by atoms with E-state index in [-0.39, 0.29) is 161 Å². The molecule has 752 valence electrons. The molecule has 24 aromatic rings. The first kappa shape index (κ1) is 114. The van der Waals surface area contributed by atoms with Gasteiger partial charge in [0.05, 0.1) is 46.2 Å². The molecular weight excluding hydrogens is 3250 g/mol. The van der Waals surface area contributed by atoms with Crippen molar-refractivity contribution in [2.24, 2.45) is 14.1 Å².